The number of hydrogen-bond donors (Lipinski definition) is 1. The fraction of sp³-hybridized carbons (Fsp3) is 0.333. The van der Waals surface area contributed by atoms with Crippen molar-refractivity contribution in [3.63, 3.8) is 0 Å². The maximum absolute atomic E-state index is 9.34. The standard InChI is InChI=1S/C12H14O3/c1-7(13)9-4-8-5-11(14-2)12(15-3)6-10(8)9/h5-6,9,13H,1,4H2,2-3H3/t9-/m1/s1. The highest BCUT2D eigenvalue weighted by atomic mass is 16.5. The monoisotopic (exact) mass is 206 g/mol. The summed E-state index contributed by atoms with van der Waals surface area (Å²) in [4.78, 5) is 0. The van der Waals surface area contributed by atoms with Gasteiger partial charge in [-0.2, -0.15) is 0 Å². The summed E-state index contributed by atoms with van der Waals surface area (Å²) in [6.45, 7) is 3.56. The predicted molar refractivity (Wildman–Crippen MR) is 57.8 cm³/mol. The van der Waals surface area contributed by atoms with Gasteiger partial charge in [-0.1, -0.05) is 6.58 Å². The van der Waals surface area contributed by atoms with Crippen LogP contribution in [0.25, 0.3) is 0 Å². The Balaban J connectivity index is 2.41. The zero-order valence-corrected chi connectivity index (χ0v) is 8.91. The molecule has 1 atom stereocenters. The predicted octanol–water partition coefficient (Wildman–Crippen LogP) is 2.42. The molecule has 0 unspecified atom stereocenters. The van der Waals surface area contributed by atoms with E-state index in [2.05, 4.69) is 6.58 Å². The molecular weight excluding hydrogens is 192 g/mol. The van der Waals surface area contributed by atoms with Crippen LogP contribution in [0.3, 0.4) is 0 Å². The van der Waals surface area contributed by atoms with Crippen LogP contribution >= 0.6 is 0 Å². The highest BCUT2D eigenvalue weighted by Crippen LogP contribution is 2.44. The Kier molecular flexibility index (Phi) is 2.31. The molecular formula is C12H14O3. The molecule has 80 valence electrons. The minimum Gasteiger partial charge on any atom is -0.512 e. The first-order valence-corrected chi connectivity index (χ1v) is 4.80. The SMILES string of the molecule is C=C(O)[C@H]1Cc2cc(OC)c(OC)cc21. The average molecular weight is 206 g/mol. The van der Waals surface area contributed by atoms with E-state index in [1.165, 1.54) is 5.56 Å². The van der Waals surface area contributed by atoms with Crippen molar-refractivity contribution in [1.29, 1.82) is 0 Å². The number of rotatable bonds is 3. The third kappa shape index (κ3) is 1.44. The van der Waals surface area contributed by atoms with Gasteiger partial charge in [0.15, 0.2) is 11.5 Å². The molecule has 0 aromatic heterocycles. The van der Waals surface area contributed by atoms with Crippen LogP contribution in [0.4, 0.5) is 0 Å². The van der Waals surface area contributed by atoms with Crippen LogP contribution in [-0.2, 0) is 6.42 Å². The van der Waals surface area contributed by atoms with Crippen molar-refractivity contribution in [1.82, 2.24) is 0 Å². The number of benzene rings is 1. The molecule has 0 saturated carbocycles. The van der Waals surface area contributed by atoms with Gasteiger partial charge >= 0.3 is 0 Å². The fourth-order valence-electron chi connectivity index (χ4n) is 1.93. The Hall–Kier alpha value is -1.64. The minimum absolute atomic E-state index is 0.0554. The first kappa shape index (κ1) is 9.90. The van der Waals surface area contributed by atoms with Crippen LogP contribution in [0.5, 0.6) is 11.5 Å². The highest BCUT2D eigenvalue weighted by molar-refractivity contribution is 5.54. The van der Waals surface area contributed by atoms with Crippen LogP contribution in [0, 0.1) is 0 Å². The van der Waals surface area contributed by atoms with Crippen molar-refractivity contribution in [2.75, 3.05) is 14.2 Å². The number of methoxy groups -OCH3 is 2. The molecule has 0 heterocycles. The maximum Gasteiger partial charge on any atom is 0.161 e. The number of ether oxygens (including phenoxy) is 2. The van der Waals surface area contributed by atoms with Gasteiger partial charge < -0.3 is 14.6 Å². The van der Waals surface area contributed by atoms with Gasteiger partial charge in [0, 0.05) is 5.92 Å². The van der Waals surface area contributed by atoms with E-state index in [0.29, 0.717) is 5.75 Å². The van der Waals surface area contributed by atoms with Gasteiger partial charge in [-0.25, -0.2) is 0 Å². The van der Waals surface area contributed by atoms with E-state index in [9.17, 15) is 5.11 Å². The second-order valence-electron chi connectivity index (χ2n) is 3.65. The van der Waals surface area contributed by atoms with E-state index in [4.69, 9.17) is 9.47 Å². The molecule has 0 saturated heterocycles. The van der Waals surface area contributed by atoms with Crippen LogP contribution < -0.4 is 9.47 Å². The lowest BCUT2D eigenvalue weighted by atomic mass is 9.76. The van der Waals surface area contributed by atoms with Gasteiger partial charge in [0.25, 0.3) is 0 Å². The molecule has 0 amide bonds. The van der Waals surface area contributed by atoms with Crippen molar-refractivity contribution in [3.05, 3.63) is 35.6 Å². The van der Waals surface area contributed by atoms with Crippen LogP contribution in [-0.4, -0.2) is 19.3 Å². The summed E-state index contributed by atoms with van der Waals surface area (Å²) in [5.74, 6) is 1.70. The number of hydrogen-bond acceptors (Lipinski definition) is 3. The van der Waals surface area contributed by atoms with E-state index in [1.54, 1.807) is 14.2 Å². The fourth-order valence-corrected chi connectivity index (χ4v) is 1.93. The topological polar surface area (TPSA) is 38.7 Å². The number of aliphatic hydroxyl groups is 1. The molecule has 1 aliphatic carbocycles. The van der Waals surface area contributed by atoms with Crippen molar-refractivity contribution >= 4 is 0 Å². The van der Waals surface area contributed by atoms with Gasteiger partial charge in [-0.15, -0.1) is 0 Å². The number of allylic oxidation sites excluding steroid dienone is 1. The smallest absolute Gasteiger partial charge is 0.161 e. The van der Waals surface area contributed by atoms with Crippen molar-refractivity contribution < 1.29 is 14.6 Å². The molecule has 0 fully saturated rings. The molecule has 1 aliphatic rings. The summed E-state index contributed by atoms with van der Waals surface area (Å²) in [7, 11) is 3.22. The Bertz CT molecular complexity index is 410. The summed E-state index contributed by atoms with van der Waals surface area (Å²) in [6, 6.07) is 3.86. The van der Waals surface area contributed by atoms with Crippen molar-refractivity contribution in [2.45, 2.75) is 12.3 Å². The third-order valence-corrected chi connectivity index (χ3v) is 2.85. The van der Waals surface area contributed by atoms with Crippen LogP contribution in [0.1, 0.15) is 17.0 Å². The molecule has 0 radical (unpaired) electrons. The summed E-state index contributed by atoms with van der Waals surface area (Å²) in [5, 5.41) is 9.34. The molecule has 1 aromatic rings. The molecule has 2 rings (SSSR count). The van der Waals surface area contributed by atoms with Crippen LogP contribution in [0.2, 0.25) is 0 Å². The maximum atomic E-state index is 9.34. The normalized spacial score (nSPS) is 17.6. The van der Waals surface area contributed by atoms with Crippen molar-refractivity contribution in [3.8, 4) is 11.5 Å². The summed E-state index contributed by atoms with van der Waals surface area (Å²) in [5.41, 5.74) is 2.27. The van der Waals surface area contributed by atoms with E-state index in [-0.39, 0.29) is 11.7 Å². The van der Waals surface area contributed by atoms with Crippen molar-refractivity contribution in [2.24, 2.45) is 0 Å². The van der Waals surface area contributed by atoms with Gasteiger partial charge in [0.2, 0.25) is 0 Å². The van der Waals surface area contributed by atoms with Gasteiger partial charge in [-0.05, 0) is 29.7 Å². The summed E-state index contributed by atoms with van der Waals surface area (Å²) < 4.78 is 10.4. The zero-order valence-electron chi connectivity index (χ0n) is 8.91. The summed E-state index contributed by atoms with van der Waals surface area (Å²) in [6.07, 6.45) is 0.824. The lowest BCUT2D eigenvalue weighted by Gasteiger charge is -2.30. The third-order valence-electron chi connectivity index (χ3n) is 2.85. The quantitative estimate of drug-likeness (QED) is 0.772. The molecule has 3 heteroatoms. The lowest BCUT2D eigenvalue weighted by Crippen LogP contribution is -2.19. The average Bonchev–Trinajstić information content (AvgIpc) is 2.19. The Morgan fingerprint density at radius 2 is 1.93 bits per heavy atom. The Morgan fingerprint density at radius 3 is 2.47 bits per heavy atom. The number of fused-ring (bicyclic) bond motifs is 1. The molecule has 3 nitrogen and oxygen atoms in total. The van der Waals surface area contributed by atoms with E-state index in [0.717, 1.165) is 17.7 Å². The second kappa shape index (κ2) is 3.50. The first-order valence-electron chi connectivity index (χ1n) is 4.80. The second-order valence-corrected chi connectivity index (χ2v) is 3.65. The molecule has 15 heavy (non-hydrogen) atoms. The Morgan fingerprint density at radius 1 is 1.33 bits per heavy atom. The minimum atomic E-state index is 0.0554. The zero-order chi connectivity index (χ0) is 11.0. The highest BCUT2D eigenvalue weighted by Gasteiger charge is 2.30. The summed E-state index contributed by atoms with van der Waals surface area (Å²) >= 11 is 0. The van der Waals surface area contributed by atoms with Gasteiger partial charge in [0.1, 0.15) is 0 Å². The first-order chi connectivity index (χ1) is 7.17. The largest absolute Gasteiger partial charge is 0.512 e. The molecule has 0 spiro atoms. The van der Waals surface area contributed by atoms with E-state index in [1.807, 2.05) is 12.1 Å². The van der Waals surface area contributed by atoms with Crippen LogP contribution in [0.15, 0.2) is 24.5 Å². The molecule has 1 N–H and O–H groups in total. The Labute approximate surface area is 88.9 Å². The van der Waals surface area contributed by atoms with E-state index < -0.39 is 0 Å². The molecule has 1 aromatic carbocycles. The van der Waals surface area contributed by atoms with E-state index >= 15 is 0 Å². The van der Waals surface area contributed by atoms with Gasteiger partial charge in [0.05, 0.1) is 20.0 Å². The molecule has 0 aliphatic heterocycles. The molecule has 0 bridgehead atoms. The number of aliphatic hydroxyl groups excluding tert-OH is 1. The van der Waals surface area contributed by atoms with Gasteiger partial charge in [-0.3, -0.25) is 0 Å². The lowest BCUT2D eigenvalue weighted by molar-refractivity contribution is 0.341.